The number of aryl methyl sites for hydroxylation is 1. The van der Waals surface area contributed by atoms with E-state index >= 15 is 0 Å². The molecule has 168 valence electrons. The Morgan fingerprint density at radius 3 is 2.32 bits per heavy atom. The molecule has 0 saturated carbocycles. The average Bonchev–Trinajstić information content (AvgIpc) is 2.71. The Balaban J connectivity index is 2.24. The maximum absolute atomic E-state index is 13.1. The third-order valence-electron chi connectivity index (χ3n) is 4.74. The number of nitrogens with zero attached hydrogens (tertiary/aromatic N) is 1. The van der Waals surface area contributed by atoms with Crippen molar-refractivity contribution < 1.29 is 14.3 Å². The molecule has 2 rings (SSSR count). The molecule has 0 aliphatic rings. The topological polar surface area (TPSA) is 58.6 Å². The Morgan fingerprint density at radius 1 is 1.13 bits per heavy atom. The summed E-state index contributed by atoms with van der Waals surface area (Å²) < 4.78 is 6.52. The molecule has 5 nitrogen and oxygen atoms in total. The highest BCUT2D eigenvalue weighted by Crippen LogP contribution is 2.28. The summed E-state index contributed by atoms with van der Waals surface area (Å²) in [5, 5.41) is 3.70. The Bertz CT molecular complexity index is 917. The Labute approximate surface area is 202 Å². The molecule has 0 aliphatic carbocycles. The monoisotopic (exact) mass is 528 g/mol. The van der Waals surface area contributed by atoms with Gasteiger partial charge in [0, 0.05) is 28.2 Å². The fourth-order valence-electron chi connectivity index (χ4n) is 2.95. The molecule has 0 spiro atoms. The summed E-state index contributed by atoms with van der Waals surface area (Å²) in [6.07, 6.45) is 0.895. The maximum atomic E-state index is 13.1. The van der Waals surface area contributed by atoms with Gasteiger partial charge >= 0.3 is 0 Å². The van der Waals surface area contributed by atoms with Gasteiger partial charge in [-0.3, -0.25) is 9.59 Å². The van der Waals surface area contributed by atoms with Gasteiger partial charge in [0.05, 0.1) is 4.47 Å². The SMILES string of the molecule is CCc1ccc(OCC(=O)N(Cc2c(Cl)cccc2Cl)C(C)C(=O)NC(C)C)c(Br)c1. The third kappa shape index (κ3) is 7.13. The van der Waals surface area contributed by atoms with E-state index in [2.05, 4.69) is 28.2 Å². The number of carbonyl (C=O) groups excluding carboxylic acids is 2. The van der Waals surface area contributed by atoms with E-state index in [1.807, 2.05) is 32.0 Å². The maximum Gasteiger partial charge on any atom is 0.261 e. The van der Waals surface area contributed by atoms with Gasteiger partial charge < -0.3 is 15.0 Å². The highest BCUT2D eigenvalue weighted by molar-refractivity contribution is 9.10. The zero-order valence-electron chi connectivity index (χ0n) is 18.0. The molecule has 1 unspecified atom stereocenters. The van der Waals surface area contributed by atoms with E-state index in [9.17, 15) is 9.59 Å². The van der Waals surface area contributed by atoms with Crippen LogP contribution in [-0.4, -0.2) is 35.4 Å². The average molecular weight is 530 g/mol. The van der Waals surface area contributed by atoms with Gasteiger partial charge in [0.2, 0.25) is 5.91 Å². The minimum absolute atomic E-state index is 0.0555. The van der Waals surface area contributed by atoms with Crippen LogP contribution >= 0.6 is 39.1 Å². The number of amides is 2. The van der Waals surface area contributed by atoms with Crippen molar-refractivity contribution in [2.24, 2.45) is 0 Å². The quantitative estimate of drug-likeness (QED) is 0.457. The molecule has 2 amide bonds. The van der Waals surface area contributed by atoms with Gasteiger partial charge in [0.1, 0.15) is 11.8 Å². The van der Waals surface area contributed by atoms with Gasteiger partial charge in [-0.05, 0) is 73.0 Å². The predicted molar refractivity (Wildman–Crippen MR) is 129 cm³/mol. The lowest BCUT2D eigenvalue weighted by molar-refractivity contribution is -0.142. The number of rotatable bonds is 9. The number of hydrogen-bond acceptors (Lipinski definition) is 3. The zero-order valence-corrected chi connectivity index (χ0v) is 21.1. The lowest BCUT2D eigenvalue weighted by Gasteiger charge is -2.30. The zero-order chi connectivity index (χ0) is 23.1. The van der Waals surface area contributed by atoms with Crippen LogP contribution in [0.3, 0.4) is 0 Å². The van der Waals surface area contributed by atoms with Crippen molar-refractivity contribution in [3.05, 3.63) is 62.0 Å². The first kappa shape index (κ1) is 25.5. The molecule has 0 aliphatic heterocycles. The molecule has 0 aromatic heterocycles. The molecule has 1 N–H and O–H groups in total. The van der Waals surface area contributed by atoms with Crippen molar-refractivity contribution in [3.63, 3.8) is 0 Å². The summed E-state index contributed by atoms with van der Waals surface area (Å²) in [6.45, 7) is 7.32. The molecule has 1 atom stereocenters. The van der Waals surface area contributed by atoms with E-state index in [-0.39, 0.29) is 31.0 Å². The van der Waals surface area contributed by atoms with Crippen molar-refractivity contribution in [2.45, 2.75) is 52.7 Å². The molecule has 2 aromatic carbocycles. The lowest BCUT2D eigenvalue weighted by atomic mass is 10.1. The van der Waals surface area contributed by atoms with E-state index in [4.69, 9.17) is 27.9 Å². The summed E-state index contributed by atoms with van der Waals surface area (Å²) in [5.74, 6) is -0.0607. The van der Waals surface area contributed by atoms with Crippen LogP contribution in [0.1, 0.15) is 38.8 Å². The first-order chi connectivity index (χ1) is 14.6. The second-order valence-electron chi connectivity index (χ2n) is 7.47. The van der Waals surface area contributed by atoms with Crippen LogP contribution in [0, 0.1) is 0 Å². The molecule has 0 bridgehead atoms. The molecule has 8 heteroatoms. The summed E-state index contributed by atoms with van der Waals surface area (Å²) in [5.41, 5.74) is 1.73. The molecule has 31 heavy (non-hydrogen) atoms. The smallest absolute Gasteiger partial charge is 0.261 e. The molecule has 0 heterocycles. The first-order valence-corrected chi connectivity index (χ1v) is 11.6. The number of carbonyl (C=O) groups is 2. The second-order valence-corrected chi connectivity index (χ2v) is 9.14. The number of hydrogen-bond donors (Lipinski definition) is 1. The molecule has 0 saturated heterocycles. The first-order valence-electron chi connectivity index (χ1n) is 10.1. The van der Waals surface area contributed by atoms with E-state index < -0.39 is 6.04 Å². The lowest BCUT2D eigenvalue weighted by Crippen LogP contribution is -2.50. The van der Waals surface area contributed by atoms with Gasteiger partial charge in [0.15, 0.2) is 6.61 Å². The van der Waals surface area contributed by atoms with E-state index in [0.717, 1.165) is 16.5 Å². The largest absolute Gasteiger partial charge is 0.483 e. The number of benzene rings is 2. The van der Waals surface area contributed by atoms with Crippen molar-refractivity contribution in [1.82, 2.24) is 10.2 Å². The normalized spacial score (nSPS) is 11.9. The fourth-order valence-corrected chi connectivity index (χ4v) is 4.00. The Kier molecular flexibility index (Phi) is 9.66. The van der Waals surface area contributed by atoms with Gasteiger partial charge in [-0.1, -0.05) is 42.3 Å². The van der Waals surface area contributed by atoms with Crippen molar-refractivity contribution in [2.75, 3.05) is 6.61 Å². The fraction of sp³-hybridized carbons (Fsp3) is 0.391. The number of nitrogens with one attached hydrogen (secondary N) is 1. The Morgan fingerprint density at radius 2 is 1.77 bits per heavy atom. The summed E-state index contributed by atoms with van der Waals surface area (Å²) in [4.78, 5) is 27.2. The van der Waals surface area contributed by atoms with Crippen LogP contribution in [0.15, 0.2) is 40.9 Å². The highest BCUT2D eigenvalue weighted by Gasteiger charge is 2.28. The van der Waals surface area contributed by atoms with Gasteiger partial charge in [-0.15, -0.1) is 0 Å². The van der Waals surface area contributed by atoms with Crippen molar-refractivity contribution >= 4 is 50.9 Å². The highest BCUT2D eigenvalue weighted by atomic mass is 79.9. The van der Waals surface area contributed by atoms with E-state index in [1.165, 1.54) is 4.90 Å². The van der Waals surface area contributed by atoms with Crippen LogP contribution in [0.5, 0.6) is 5.75 Å². The van der Waals surface area contributed by atoms with Gasteiger partial charge in [0.25, 0.3) is 5.91 Å². The standard InChI is InChI=1S/C23H27BrCl2N2O3/c1-5-16-9-10-21(18(24)11-16)31-13-22(29)28(15(4)23(30)27-14(2)3)12-17-19(25)7-6-8-20(17)26/h6-11,14-15H,5,12-13H2,1-4H3,(H,27,30). The number of ether oxygens (including phenoxy) is 1. The molecular formula is C23H27BrCl2N2O3. The third-order valence-corrected chi connectivity index (χ3v) is 6.07. The Hall–Kier alpha value is -1.76. The van der Waals surface area contributed by atoms with Crippen molar-refractivity contribution in [1.29, 1.82) is 0 Å². The van der Waals surface area contributed by atoms with Gasteiger partial charge in [-0.25, -0.2) is 0 Å². The van der Waals surface area contributed by atoms with E-state index in [0.29, 0.717) is 21.4 Å². The van der Waals surface area contributed by atoms with E-state index in [1.54, 1.807) is 25.1 Å². The summed E-state index contributed by atoms with van der Waals surface area (Å²) in [6, 6.07) is 10.1. The van der Waals surface area contributed by atoms with Crippen LogP contribution in [-0.2, 0) is 22.6 Å². The van der Waals surface area contributed by atoms with Gasteiger partial charge in [-0.2, -0.15) is 0 Å². The molecular weight excluding hydrogens is 503 g/mol. The summed E-state index contributed by atoms with van der Waals surface area (Å²) in [7, 11) is 0. The van der Waals surface area contributed by atoms with Crippen LogP contribution in [0.25, 0.3) is 0 Å². The number of halogens is 3. The summed E-state index contributed by atoms with van der Waals surface area (Å²) >= 11 is 16.1. The molecule has 0 fully saturated rings. The minimum atomic E-state index is -0.739. The van der Waals surface area contributed by atoms with Crippen molar-refractivity contribution in [3.8, 4) is 5.75 Å². The van der Waals surface area contributed by atoms with Crippen LogP contribution in [0.4, 0.5) is 0 Å². The van der Waals surface area contributed by atoms with Crippen LogP contribution in [0.2, 0.25) is 10.0 Å². The predicted octanol–water partition coefficient (Wildman–Crippen LogP) is 5.64. The minimum Gasteiger partial charge on any atom is -0.483 e. The van der Waals surface area contributed by atoms with Crippen LogP contribution < -0.4 is 10.1 Å². The second kappa shape index (κ2) is 11.7. The molecule has 2 aromatic rings. The molecule has 0 radical (unpaired) electrons.